The van der Waals surface area contributed by atoms with Gasteiger partial charge in [-0.2, -0.15) is 0 Å². The third-order valence-electron chi connectivity index (χ3n) is 3.14. The van der Waals surface area contributed by atoms with Gasteiger partial charge in [-0.3, -0.25) is 4.79 Å². The van der Waals surface area contributed by atoms with Crippen LogP contribution < -0.4 is 11.1 Å². The van der Waals surface area contributed by atoms with Gasteiger partial charge < -0.3 is 11.1 Å². The van der Waals surface area contributed by atoms with Crippen molar-refractivity contribution < 1.29 is 4.79 Å². The number of hydrogen-bond acceptors (Lipinski definition) is 4. The molecule has 1 aromatic carbocycles. The summed E-state index contributed by atoms with van der Waals surface area (Å²) >= 11 is 1.58. The fraction of sp³-hybridized carbons (Fsp3) is 0.429. The van der Waals surface area contributed by atoms with Crippen molar-refractivity contribution in [3.8, 4) is 0 Å². The predicted molar refractivity (Wildman–Crippen MR) is 80.3 cm³/mol. The number of fused-ring (bicyclic) bond motifs is 1. The topological polar surface area (TPSA) is 68.0 Å². The van der Waals surface area contributed by atoms with Crippen molar-refractivity contribution in [3.05, 3.63) is 23.7 Å². The summed E-state index contributed by atoms with van der Waals surface area (Å²) in [4.78, 5) is 16.1. The van der Waals surface area contributed by atoms with Crippen molar-refractivity contribution in [2.45, 2.75) is 26.2 Å². The Morgan fingerprint density at radius 2 is 2.32 bits per heavy atom. The van der Waals surface area contributed by atoms with Crippen LogP contribution in [0.15, 0.2) is 23.7 Å². The summed E-state index contributed by atoms with van der Waals surface area (Å²) in [5.41, 5.74) is 9.12. The van der Waals surface area contributed by atoms with Gasteiger partial charge in [-0.05, 0) is 43.5 Å². The number of hydrogen-bond donors (Lipinski definition) is 2. The maximum Gasteiger partial charge on any atom is 0.224 e. The van der Waals surface area contributed by atoms with Crippen LogP contribution in [0.1, 0.15) is 26.2 Å². The standard InChI is InChI=1S/C14H19N3OS/c1-10(6-7-15)2-5-14(18)17-11-3-4-12-13(8-11)19-9-16-12/h3-4,8-10H,2,5-7,15H2,1H3,(H,17,18). The molecule has 0 aliphatic carbocycles. The molecule has 1 heterocycles. The fourth-order valence-corrected chi connectivity index (χ4v) is 2.68. The molecule has 0 radical (unpaired) electrons. The molecular formula is C14H19N3OS. The van der Waals surface area contributed by atoms with Crippen molar-refractivity contribution in [1.82, 2.24) is 4.98 Å². The number of benzene rings is 1. The zero-order valence-electron chi connectivity index (χ0n) is 11.1. The van der Waals surface area contributed by atoms with Gasteiger partial charge in [-0.15, -0.1) is 11.3 Å². The average Bonchev–Trinajstić information content (AvgIpc) is 2.84. The molecule has 3 N–H and O–H groups in total. The molecule has 0 fully saturated rings. The second-order valence-electron chi connectivity index (χ2n) is 4.80. The monoisotopic (exact) mass is 277 g/mol. The summed E-state index contributed by atoms with van der Waals surface area (Å²) in [5, 5.41) is 2.93. The molecular weight excluding hydrogens is 258 g/mol. The Labute approximate surface area is 117 Å². The maximum absolute atomic E-state index is 11.8. The summed E-state index contributed by atoms with van der Waals surface area (Å²) in [6.45, 7) is 2.81. The van der Waals surface area contributed by atoms with Gasteiger partial charge in [-0.25, -0.2) is 4.98 Å². The number of amides is 1. The molecule has 4 nitrogen and oxygen atoms in total. The number of rotatable bonds is 6. The minimum Gasteiger partial charge on any atom is -0.330 e. The van der Waals surface area contributed by atoms with Gasteiger partial charge >= 0.3 is 0 Å². The van der Waals surface area contributed by atoms with Crippen molar-refractivity contribution in [2.75, 3.05) is 11.9 Å². The van der Waals surface area contributed by atoms with E-state index in [1.54, 1.807) is 11.3 Å². The smallest absolute Gasteiger partial charge is 0.224 e. The molecule has 0 bridgehead atoms. The number of nitrogens with zero attached hydrogens (tertiary/aromatic N) is 1. The molecule has 0 saturated carbocycles. The minimum atomic E-state index is 0.0627. The third-order valence-corrected chi connectivity index (χ3v) is 3.93. The molecule has 1 atom stereocenters. The van der Waals surface area contributed by atoms with Crippen LogP contribution in [0, 0.1) is 5.92 Å². The summed E-state index contributed by atoms with van der Waals surface area (Å²) < 4.78 is 1.09. The lowest BCUT2D eigenvalue weighted by atomic mass is 10.0. The lowest BCUT2D eigenvalue weighted by Crippen LogP contribution is -2.14. The Morgan fingerprint density at radius 3 is 3.11 bits per heavy atom. The van der Waals surface area contributed by atoms with Gasteiger partial charge in [0.25, 0.3) is 0 Å². The lowest BCUT2D eigenvalue weighted by molar-refractivity contribution is -0.116. The number of nitrogens with two attached hydrogens (primary N) is 1. The van der Waals surface area contributed by atoms with E-state index in [9.17, 15) is 4.79 Å². The SMILES string of the molecule is CC(CCN)CCC(=O)Nc1ccc2ncsc2c1. The first-order chi connectivity index (χ1) is 9.19. The Hall–Kier alpha value is -1.46. The molecule has 5 heteroatoms. The molecule has 1 amide bonds. The second kappa shape index (κ2) is 6.63. The fourth-order valence-electron chi connectivity index (χ4n) is 1.96. The van der Waals surface area contributed by atoms with Gasteiger partial charge in [0.05, 0.1) is 15.7 Å². The largest absolute Gasteiger partial charge is 0.330 e. The quantitative estimate of drug-likeness (QED) is 0.853. The van der Waals surface area contributed by atoms with E-state index >= 15 is 0 Å². The van der Waals surface area contributed by atoms with Gasteiger partial charge in [0.2, 0.25) is 5.91 Å². The van der Waals surface area contributed by atoms with E-state index in [4.69, 9.17) is 5.73 Å². The van der Waals surface area contributed by atoms with Crippen LogP contribution >= 0.6 is 11.3 Å². The highest BCUT2D eigenvalue weighted by Gasteiger charge is 2.07. The second-order valence-corrected chi connectivity index (χ2v) is 5.69. The van der Waals surface area contributed by atoms with Crippen LogP contribution in [0.2, 0.25) is 0 Å². The Morgan fingerprint density at radius 1 is 1.47 bits per heavy atom. The van der Waals surface area contributed by atoms with Crippen LogP contribution in [0.5, 0.6) is 0 Å². The van der Waals surface area contributed by atoms with E-state index in [0.29, 0.717) is 18.9 Å². The highest BCUT2D eigenvalue weighted by atomic mass is 32.1. The van der Waals surface area contributed by atoms with Gasteiger partial charge in [0, 0.05) is 12.1 Å². The Bertz CT molecular complexity index is 552. The summed E-state index contributed by atoms with van der Waals surface area (Å²) in [6, 6.07) is 5.79. The highest BCUT2D eigenvalue weighted by Crippen LogP contribution is 2.22. The van der Waals surface area contributed by atoms with Crippen LogP contribution in [0.4, 0.5) is 5.69 Å². The van der Waals surface area contributed by atoms with Gasteiger partial charge in [0.15, 0.2) is 0 Å². The third kappa shape index (κ3) is 4.01. The molecule has 2 rings (SSSR count). The van der Waals surface area contributed by atoms with E-state index in [1.807, 2.05) is 23.7 Å². The molecule has 19 heavy (non-hydrogen) atoms. The summed E-state index contributed by atoms with van der Waals surface area (Å²) in [6.07, 6.45) is 2.40. The molecule has 1 aromatic heterocycles. The van der Waals surface area contributed by atoms with E-state index in [1.165, 1.54) is 0 Å². The van der Waals surface area contributed by atoms with Crippen LogP contribution in [-0.2, 0) is 4.79 Å². The molecule has 0 spiro atoms. The Balaban J connectivity index is 1.87. The average molecular weight is 277 g/mol. The maximum atomic E-state index is 11.8. The minimum absolute atomic E-state index is 0.0627. The van der Waals surface area contributed by atoms with Crippen molar-refractivity contribution >= 4 is 33.1 Å². The number of carbonyl (C=O) groups is 1. The zero-order valence-corrected chi connectivity index (χ0v) is 11.9. The molecule has 0 aliphatic rings. The van der Waals surface area contributed by atoms with E-state index in [2.05, 4.69) is 17.2 Å². The normalized spacial score (nSPS) is 12.5. The number of thiazole rings is 1. The van der Waals surface area contributed by atoms with Crippen molar-refractivity contribution in [3.63, 3.8) is 0 Å². The van der Waals surface area contributed by atoms with Crippen molar-refractivity contribution in [2.24, 2.45) is 11.7 Å². The highest BCUT2D eigenvalue weighted by molar-refractivity contribution is 7.16. The van der Waals surface area contributed by atoms with Crippen molar-refractivity contribution in [1.29, 1.82) is 0 Å². The van der Waals surface area contributed by atoms with Crippen LogP contribution in [0.3, 0.4) is 0 Å². The zero-order chi connectivity index (χ0) is 13.7. The Kier molecular flexibility index (Phi) is 4.87. The number of nitrogens with one attached hydrogen (secondary N) is 1. The molecule has 1 unspecified atom stereocenters. The lowest BCUT2D eigenvalue weighted by Gasteiger charge is -2.10. The van der Waals surface area contributed by atoms with Crippen LogP contribution in [0.25, 0.3) is 10.2 Å². The van der Waals surface area contributed by atoms with E-state index in [-0.39, 0.29) is 5.91 Å². The molecule has 2 aromatic rings. The summed E-state index contributed by atoms with van der Waals surface area (Å²) in [5.74, 6) is 0.562. The first kappa shape index (κ1) is 14.0. The van der Waals surface area contributed by atoms with E-state index < -0.39 is 0 Å². The number of aromatic nitrogens is 1. The summed E-state index contributed by atoms with van der Waals surface area (Å²) in [7, 11) is 0. The number of carbonyl (C=O) groups excluding carboxylic acids is 1. The predicted octanol–water partition coefficient (Wildman–Crippen LogP) is 3.00. The van der Waals surface area contributed by atoms with E-state index in [0.717, 1.165) is 28.7 Å². The first-order valence-electron chi connectivity index (χ1n) is 6.52. The van der Waals surface area contributed by atoms with Gasteiger partial charge in [0.1, 0.15) is 0 Å². The van der Waals surface area contributed by atoms with Crippen LogP contribution in [-0.4, -0.2) is 17.4 Å². The molecule has 0 saturated heterocycles. The first-order valence-corrected chi connectivity index (χ1v) is 7.40. The van der Waals surface area contributed by atoms with Gasteiger partial charge in [-0.1, -0.05) is 6.92 Å². The number of anilines is 1. The molecule has 102 valence electrons. The molecule has 0 aliphatic heterocycles.